The highest BCUT2D eigenvalue weighted by atomic mass is 16.5. The zero-order valence-electron chi connectivity index (χ0n) is 12.1. The largest absolute Gasteiger partial charge is 0.497 e. The van der Waals surface area contributed by atoms with Gasteiger partial charge in [-0.05, 0) is 36.9 Å². The van der Waals surface area contributed by atoms with Gasteiger partial charge >= 0.3 is 0 Å². The SMILES string of the molecule is CNC(c1ccc(OC)cc1)c1cnc2ccccc2n1. The minimum atomic E-state index is 0.00742. The average Bonchev–Trinajstić information content (AvgIpc) is 2.56. The molecule has 0 spiro atoms. The highest BCUT2D eigenvalue weighted by Crippen LogP contribution is 2.23. The first-order valence-corrected chi connectivity index (χ1v) is 6.84. The molecule has 0 radical (unpaired) electrons. The van der Waals surface area contributed by atoms with Crippen LogP contribution in [0.5, 0.6) is 5.75 Å². The van der Waals surface area contributed by atoms with E-state index < -0.39 is 0 Å². The molecule has 21 heavy (non-hydrogen) atoms. The van der Waals surface area contributed by atoms with E-state index in [0.717, 1.165) is 28.0 Å². The van der Waals surface area contributed by atoms with E-state index in [4.69, 9.17) is 9.72 Å². The monoisotopic (exact) mass is 279 g/mol. The minimum absolute atomic E-state index is 0.00742. The van der Waals surface area contributed by atoms with Gasteiger partial charge in [-0.2, -0.15) is 0 Å². The number of rotatable bonds is 4. The van der Waals surface area contributed by atoms with Crippen molar-refractivity contribution in [3.63, 3.8) is 0 Å². The van der Waals surface area contributed by atoms with E-state index in [9.17, 15) is 0 Å². The Bertz CT molecular complexity index is 740. The third-order valence-corrected chi connectivity index (χ3v) is 3.50. The van der Waals surface area contributed by atoms with Crippen molar-refractivity contribution < 1.29 is 4.74 Å². The van der Waals surface area contributed by atoms with Gasteiger partial charge in [0.25, 0.3) is 0 Å². The molecule has 1 atom stereocenters. The highest BCUT2D eigenvalue weighted by Gasteiger charge is 2.14. The van der Waals surface area contributed by atoms with Crippen molar-refractivity contribution in [1.29, 1.82) is 0 Å². The van der Waals surface area contributed by atoms with Crippen LogP contribution in [0.2, 0.25) is 0 Å². The second-order valence-corrected chi connectivity index (χ2v) is 4.78. The molecule has 106 valence electrons. The maximum Gasteiger partial charge on any atom is 0.118 e. The number of fused-ring (bicyclic) bond motifs is 1. The lowest BCUT2D eigenvalue weighted by Gasteiger charge is -2.16. The summed E-state index contributed by atoms with van der Waals surface area (Å²) in [5, 5.41) is 3.29. The second-order valence-electron chi connectivity index (χ2n) is 4.78. The van der Waals surface area contributed by atoms with Crippen LogP contribution in [0.15, 0.2) is 54.7 Å². The molecule has 4 heteroatoms. The molecule has 0 fully saturated rings. The van der Waals surface area contributed by atoms with Gasteiger partial charge in [-0.25, -0.2) is 4.98 Å². The van der Waals surface area contributed by atoms with E-state index in [1.54, 1.807) is 7.11 Å². The number of ether oxygens (including phenoxy) is 1. The molecule has 0 aliphatic rings. The quantitative estimate of drug-likeness (QED) is 0.797. The van der Waals surface area contributed by atoms with E-state index >= 15 is 0 Å². The molecule has 0 saturated heterocycles. The van der Waals surface area contributed by atoms with Crippen LogP contribution in [0, 0.1) is 0 Å². The molecule has 1 N–H and O–H groups in total. The lowest BCUT2D eigenvalue weighted by molar-refractivity contribution is 0.414. The summed E-state index contributed by atoms with van der Waals surface area (Å²) in [5.41, 5.74) is 3.85. The molecule has 3 aromatic rings. The van der Waals surface area contributed by atoms with Crippen LogP contribution in [0.4, 0.5) is 0 Å². The van der Waals surface area contributed by atoms with E-state index in [0.29, 0.717) is 0 Å². The van der Waals surface area contributed by atoms with Crippen molar-refractivity contribution in [2.45, 2.75) is 6.04 Å². The summed E-state index contributed by atoms with van der Waals surface area (Å²) in [4.78, 5) is 9.19. The Hall–Kier alpha value is -2.46. The van der Waals surface area contributed by atoms with Gasteiger partial charge in [-0.15, -0.1) is 0 Å². The number of para-hydroxylation sites is 2. The fraction of sp³-hybridized carbons (Fsp3) is 0.176. The van der Waals surface area contributed by atoms with Gasteiger partial charge in [0.05, 0.1) is 36.1 Å². The third-order valence-electron chi connectivity index (χ3n) is 3.50. The molecule has 1 heterocycles. The summed E-state index contributed by atoms with van der Waals surface area (Å²) in [6, 6.07) is 15.9. The molecule has 2 aromatic carbocycles. The number of benzene rings is 2. The number of nitrogens with zero attached hydrogens (tertiary/aromatic N) is 2. The Morgan fingerprint density at radius 1 is 1.00 bits per heavy atom. The Morgan fingerprint density at radius 3 is 2.38 bits per heavy atom. The summed E-state index contributed by atoms with van der Waals surface area (Å²) in [6.07, 6.45) is 1.83. The van der Waals surface area contributed by atoms with Crippen molar-refractivity contribution in [3.8, 4) is 5.75 Å². The van der Waals surface area contributed by atoms with E-state index in [2.05, 4.69) is 10.3 Å². The molecule has 4 nitrogen and oxygen atoms in total. The molecular weight excluding hydrogens is 262 g/mol. The summed E-state index contributed by atoms with van der Waals surface area (Å²) in [7, 11) is 3.59. The summed E-state index contributed by atoms with van der Waals surface area (Å²) < 4.78 is 5.20. The van der Waals surface area contributed by atoms with Crippen molar-refractivity contribution in [2.75, 3.05) is 14.2 Å². The predicted molar refractivity (Wildman–Crippen MR) is 83.4 cm³/mol. The minimum Gasteiger partial charge on any atom is -0.497 e. The average molecular weight is 279 g/mol. The van der Waals surface area contributed by atoms with Crippen LogP contribution in [0.25, 0.3) is 11.0 Å². The standard InChI is InChI=1S/C17H17N3O/c1-18-17(12-7-9-13(21-2)10-8-12)16-11-19-14-5-3-4-6-15(14)20-16/h3-11,17-18H,1-2H3. The van der Waals surface area contributed by atoms with Gasteiger partial charge in [0.15, 0.2) is 0 Å². The molecule has 0 aliphatic heterocycles. The van der Waals surface area contributed by atoms with E-state index in [-0.39, 0.29) is 6.04 Å². The molecule has 1 aromatic heterocycles. The van der Waals surface area contributed by atoms with Gasteiger partial charge in [0, 0.05) is 0 Å². The van der Waals surface area contributed by atoms with Crippen LogP contribution >= 0.6 is 0 Å². The number of aromatic nitrogens is 2. The lowest BCUT2D eigenvalue weighted by atomic mass is 10.0. The Kier molecular flexibility index (Phi) is 3.79. The number of nitrogens with one attached hydrogen (secondary N) is 1. The molecular formula is C17H17N3O. The maximum absolute atomic E-state index is 5.20. The third kappa shape index (κ3) is 2.71. The zero-order valence-corrected chi connectivity index (χ0v) is 12.1. The van der Waals surface area contributed by atoms with Crippen LogP contribution in [0.1, 0.15) is 17.3 Å². The van der Waals surface area contributed by atoms with Crippen molar-refractivity contribution in [1.82, 2.24) is 15.3 Å². The summed E-state index contributed by atoms with van der Waals surface area (Å²) in [5.74, 6) is 0.846. The molecule has 1 unspecified atom stereocenters. The highest BCUT2D eigenvalue weighted by molar-refractivity contribution is 5.73. The first-order chi connectivity index (χ1) is 10.3. The van der Waals surface area contributed by atoms with Gasteiger partial charge in [-0.1, -0.05) is 24.3 Å². The lowest BCUT2D eigenvalue weighted by Crippen LogP contribution is -2.19. The fourth-order valence-corrected chi connectivity index (χ4v) is 2.39. The molecule has 3 rings (SSSR count). The van der Waals surface area contributed by atoms with Gasteiger partial charge < -0.3 is 10.1 Å². The van der Waals surface area contributed by atoms with Gasteiger partial charge in [0.2, 0.25) is 0 Å². The second kappa shape index (κ2) is 5.89. The molecule has 0 bridgehead atoms. The number of hydrogen-bond donors (Lipinski definition) is 1. The smallest absolute Gasteiger partial charge is 0.118 e. The molecule has 0 saturated carbocycles. The van der Waals surface area contributed by atoms with Crippen LogP contribution < -0.4 is 10.1 Å². The zero-order chi connectivity index (χ0) is 14.7. The van der Waals surface area contributed by atoms with Crippen LogP contribution in [-0.4, -0.2) is 24.1 Å². The topological polar surface area (TPSA) is 47.0 Å². The van der Waals surface area contributed by atoms with Gasteiger partial charge in [0.1, 0.15) is 5.75 Å². The Labute approximate surface area is 123 Å². The van der Waals surface area contributed by atoms with Crippen LogP contribution in [0.3, 0.4) is 0 Å². The van der Waals surface area contributed by atoms with Crippen molar-refractivity contribution in [2.24, 2.45) is 0 Å². The van der Waals surface area contributed by atoms with Gasteiger partial charge in [-0.3, -0.25) is 4.98 Å². The van der Waals surface area contributed by atoms with Crippen LogP contribution in [-0.2, 0) is 0 Å². The number of hydrogen-bond acceptors (Lipinski definition) is 4. The van der Waals surface area contributed by atoms with E-state index in [1.165, 1.54) is 0 Å². The summed E-state index contributed by atoms with van der Waals surface area (Å²) in [6.45, 7) is 0. The Morgan fingerprint density at radius 2 is 1.71 bits per heavy atom. The normalized spacial score (nSPS) is 12.3. The summed E-state index contributed by atoms with van der Waals surface area (Å²) >= 11 is 0. The van der Waals surface area contributed by atoms with Crippen molar-refractivity contribution >= 4 is 11.0 Å². The molecule has 0 aliphatic carbocycles. The van der Waals surface area contributed by atoms with E-state index in [1.807, 2.05) is 61.8 Å². The Balaban J connectivity index is 2.00. The van der Waals surface area contributed by atoms with Crippen molar-refractivity contribution in [3.05, 3.63) is 66.0 Å². The first-order valence-electron chi connectivity index (χ1n) is 6.84. The first kappa shape index (κ1) is 13.5. The fourth-order valence-electron chi connectivity index (χ4n) is 2.39. The number of methoxy groups -OCH3 is 1. The molecule has 0 amide bonds. The predicted octanol–water partition coefficient (Wildman–Crippen LogP) is 2.95. The maximum atomic E-state index is 5.20.